The molecule has 3 aromatic rings. The molecular weight excluding hydrogens is 400 g/mol. The highest BCUT2D eigenvalue weighted by atomic mass is 32.2. The van der Waals surface area contributed by atoms with Gasteiger partial charge in [0.2, 0.25) is 5.91 Å². The molecule has 0 saturated heterocycles. The van der Waals surface area contributed by atoms with Gasteiger partial charge in [-0.3, -0.25) is 14.3 Å². The molecule has 1 N–H and O–H groups in total. The summed E-state index contributed by atoms with van der Waals surface area (Å²) in [6, 6.07) is 9.60. The molecule has 0 radical (unpaired) electrons. The van der Waals surface area contributed by atoms with Gasteiger partial charge in [0.25, 0.3) is 5.56 Å². The monoisotopic (exact) mass is 426 g/mol. The second kappa shape index (κ2) is 8.14. The van der Waals surface area contributed by atoms with Gasteiger partial charge in [-0.1, -0.05) is 30.0 Å². The lowest BCUT2D eigenvalue weighted by atomic mass is 10.3. The summed E-state index contributed by atoms with van der Waals surface area (Å²) in [4.78, 5) is 25.6. The van der Waals surface area contributed by atoms with Gasteiger partial charge in [-0.05, 0) is 45.7 Å². The van der Waals surface area contributed by atoms with Crippen molar-refractivity contribution in [1.82, 2.24) is 24.1 Å². The molecule has 4 rings (SSSR count). The van der Waals surface area contributed by atoms with E-state index in [-0.39, 0.29) is 23.3 Å². The molecule has 1 saturated carbocycles. The molecule has 158 valence electrons. The summed E-state index contributed by atoms with van der Waals surface area (Å²) in [7, 11) is 1.80. The Kier molecular flexibility index (Phi) is 5.55. The Bertz CT molecular complexity index is 1120. The van der Waals surface area contributed by atoms with Gasteiger partial charge >= 0.3 is 0 Å². The average molecular weight is 427 g/mol. The Morgan fingerprint density at radius 1 is 1.23 bits per heavy atom. The summed E-state index contributed by atoms with van der Waals surface area (Å²) in [5.74, 6) is 1.43. The van der Waals surface area contributed by atoms with Crippen molar-refractivity contribution < 1.29 is 4.79 Å². The van der Waals surface area contributed by atoms with Crippen LogP contribution in [0.25, 0.3) is 5.69 Å². The number of hydrogen-bond donors (Lipinski definition) is 1. The van der Waals surface area contributed by atoms with Crippen molar-refractivity contribution in [3.8, 4) is 5.69 Å². The molecule has 2 aromatic heterocycles. The molecule has 1 aliphatic rings. The third-order valence-electron chi connectivity index (χ3n) is 5.30. The normalized spacial score (nSPS) is 13.8. The van der Waals surface area contributed by atoms with Crippen molar-refractivity contribution in [3.63, 3.8) is 0 Å². The summed E-state index contributed by atoms with van der Waals surface area (Å²) < 4.78 is 5.42. The molecule has 0 bridgehead atoms. The molecule has 0 spiro atoms. The van der Waals surface area contributed by atoms with E-state index in [4.69, 9.17) is 0 Å². The molecule has 8 nitrogen and oxygen atoms in total. The average Bonchev–Trinajstić information content (AvgIpc) is 3.45. The van der Waals surface area contributed by atoms with Crippen LogP contribution in [0.3, 0.4) is 0 Å². The molecule has 9 heteroatoms. The second-order valence-corrected chi connectivity index (χ2v) is 8.79. The molecular formula is C21H26N6O2S. The lowest BCUT2D eigenvalue weighted by Gasteiger charge is -2.13. The molecule has 1 fully saturated rings. The van der Waals surface area contributed by atoms with Crippen molar-refractivity contribution in [3.05, 3.63) is 52.2 Å². The molecule has 0 atom stereocenters. The van der Waals surface area contributed by atoms with Gasteiger partial charge in [0.05, 0.1) is 17.1 Å². The number of anilines is 1. The summed E-state index contributed by atoms with van der Waals surface area (Å²) in [5, 5.41) is 12.2. The number of benzene rings is 1. The second-order valence-electron chi connectivity index (χ2n) is 7.85. The Labute approximate surface area is 179 Å². The largest absolute Gasteiger partial charge is 0.319 e. The summed E-state index contributed by atoms with van der Waals surface area (Å²) in [6.45, 7) is 6.01. The number of carbonyl (C=O) groups is 1. The first-order chi connectivity index (χ1) is 14.4. The number of nitrogens with one attached hydrogen (secondary N) is 1. The van der Waals surface area contributed by atoms with E-state index in [9.17, 15) is 9.59 Å². The van der Waals surface area contributed by atoms with E-state index >= 15 is 0 Å². The SMILES string of the molecule is Cc1c(NC(=O)CSc2nnc(C3CC3)n2C(C)C)c(=O)n(-c2ccccc2)n1C. The number of carbonyl (C=O) groups excluding carboxylic acids is 1. The first-order valence-electron chi connectivity index (χ1n) is 10.1. The fraction of sp³-hybridized carbons (Fsp3) is 0.429. The molecule has 0 aliphatic heterocycles. The quantitative estimate of drug-likeness (QED) is 0.586. The van der Waals surface area contributed by atoms with E-state index in [0.29, 0.717) is 17.3 Å². The topological polar surface area (TPSA) is 86.7 Å². The lowest BCUT2D eigenvalue weighted by molar-refractivity contribution is -0.113. The molecule has 1 amide bonds. The first kappa shape index (κ1) is 20.5. The van der Waals surface area contributed by atoms with Gasteiger partial charge in [-0.25, -0.2) is 4.68 Å². The van der Waals surface area contributed by atoms with Crippen molar-refractivity contribution >= 4 is 23.4 Å². The van der Waals surface area contributed by atoms with Crippen LogP contribution in [0.4, 0.5) is 5.69 Å². The number of thioether (sulfide) groups is 1. The van der Waals surface area contributed by atoms with Crippen molar-refractivity contribution in [2.75, 3.05) is 11.1 Å². The number of nitrogens with zero attached hydrogens (tertiary/aromatic N) is 5. The Hall–Kier alpha value is -2.81. The third kappa shape index (κ3) is 3.81. The van der Waals surface area contributed by atoms with Crippen LogP contribution in [0.15, 0.2) is 40.3 Å². The van der Waals surface area contributed by atoms with Crippen LogP contribution in [0.5, 0.6) is 0 Å². The standard InChI is InChI=1S/C21H26N6O2S/c1-13(2)26-19(15-10-11-15)23-24-21(26)30-12-17(28)22-18-14(3)25(4)27(20(18)29)16-8-6-5-7-9-16/h5-9,13,15H,10-12H2,1-4H3,(H,22,28). The fourth-order valence-electron chi connectivity index (χ4n) is 3.51. The number of aromatic nitrogens is 5. The molecule has 1 aromatic carbocycles. The highest BCUT2D eigenvalue weighted by molar-refractivity contribution is 7.99. The maximum Gasteiger partial charge on any atom is 0.295 e. The van der Waals surface area contributed by atoms with Gasteiger partial charge in [0.15, 0.2) is 5.16 Å². The van der Waals surface area contributed by atoms with Crippen LogP contribution in [-0.2, 0) is 11.8 Å². The zero-order valence-corrected chi connectivity index (χ0v) is 18.4. The zero-order valence-electron chi connectivity index (χ0n) is 17.6. The minimum atomic E-state index is -0.249. The summed E-state index contributed by atoms with van der Waals surface area (Å²) in [6.07, 6.45) is 2.30. The Morgan fingerprint density at radius 2 is 1.93 bits per heavy atom. The van der Waals surface area contributed by atoms with E-state index in [1.807, 2.05) is 37.3 Å². The molecule has 0 unspecified atom stereocenters. The predicted octanol–water partition coefficient (Wildman–Crippen LogP) is 3.27. The van der Waals surface area contributed by atoms with E-state index in [0.717, 1.165) is 29.5 Å². The summed E-state index contributed by atoms with van der Waals surface area (Å²) in [5.41, 5.74) is 1.50. The Morgan fingerprint density at radius 3 is 2.57 bits per heavy atom. The van der Waals surface area contributed by atoms with Crippen LogP contribution in [0.1, 0.15) is 50.2 Å². The molecule has 30 heavy (non-hydrogen) atoms. The minimum Gasteiger partial charge on any atom is -0.319 e. The van der Waals surface area contributed by atoms with E-state index < -0.39 is 0 Å². The molecule has 1 aliphatic carbocycles. The summed E-state index contributed by atoms with van der Waals surface area (Å²) >= 11 is 1.35. The third-order valence-corrected chi connectivity index (χ3v) is 6.24. The van der Waals surface area contributed by atoms with Gasteiger partial charge < -0.3 is 9.88 Å². The van der Waals surface area contributed by atoms with E-state index in [2.05, 4.69) is 33.9 Å². The number of amides is 1. The lowest BCUT2D eigenvalue weighted by Crippen LogP contribution is -2.23. The highest BCUT2D eigenvalue weighted by Crippen LogP contribution is 2.41. The van der Waals surface area contributed by atoms with E-state index in [1.165, 1.54) is 11.8 Å². The van der Waals surface area contributed by atoms with Crippen molar-refractivity contribution in [2.24, 2.45) is 7.05 Å². The number of hydrogen-bond acceptors (Lipinski definition) is 5. The predicted molar refractivity (Wildman–Crippen MR) is 117 cm³/mol. The number of para-hydroxylation sites is 1. The van der Waals surface area contributed by atoms with Crippen LogP contribution in [0.2, 0.25) is 0 Å². The van der Waals surface area contributed by atoms with Crippen LogP contribution >= 0.6 is 11.8 Å². The fourth-order valence-corrected chi connectivity index (χ4v) is 4.38. The van der Waals surface area contributed by atoms with Gasteiger partial charge in [0, 0.05) is 19.0 Å². The van der Waals surface area contributed by atoms with Gasteiger partial charge in [-0.15, -0.1) is 10.2 Å². The maximum atomic E-state index is 12.9. The van der Waals surface area contributed by atoms with E-state index in [1.54, 1.807) is 16.4 Å². The Balaban J connectivity index is 1.50. The maximum absolute atomic E-state index is 12.9. The highest BCUT2D eigenvalue weighted by Gasteiger charge is 2.31. The zero-order chi connectivity index (χ0) is 21.4. The van der Waals surface area contributed by atoms with Crippen LogP contribution in [-0.4, -0.2) is 35.8 Å². The van der Waals surface area contributed by atoms with Gasteiger partial charge in [-0.2, -0.15) is 0 Å². The minimum absolute atomic E-state index is 0.161. The number of rotatable bonds is 7. The smallest absolute Gasteiger partial charge is 0.295 e. The van der Waals surface area contributed by atoms with Crippen LogP contribution < -0.4 is 10.9 Å². The van der Waals surface area contributed by atoms with Gasteiger partial charge in [0.1, 0.15) is 11.5 Å². The molecule has 2 heterocycles. The van der Waals surface area contributed by atoms with Crippen LogP contribution in [0, 0.1) is 6.92 Å². The van der Waals surface area contributed by atoms with Crippen molar-refractivity contribution in [2.45, 2.75) is 50.7 Å². The van der Waals surface area contributed by atoms with Crippen molar-refractivity contribution in [1.29, 1.82) is 0 Å². The first-order valence-corrected chi connectivity index (χ1v) is 11.1.